The Bertz CT molecular complexity index is 306. The molecule has 3 saturated carbocycles. The van der Waals surface area contributed by atoms with Crippen LogP contribution in [0.15, 0.2) is 11.6 Å². The average Bonchev–Trinajstić information content (AvgIpc) is 2.59. The fourth-order valence-electron chi connectivity index (χ4n) is 5.14. The van der Waals surface area contributed by atoms with Crippen LogP contribution in [-0.2, 0) is 0 Å². The highest BCUT2D eigenvalue weighted by Crippen LogP contribution is 2.75. The zero-order valence-corrected chi connectivity index (χ0v) is 7.87. The van der Waals surface area contributed by atoms with Crippen molar-refractivity contribution in [3.8, 4) is 0 Å². The van der Waals surface area contributed by atoms with Crippen molar-refractivity contribution >= 4 is 0 Å². The Balaban J connectivity index is 1.90. The van der Waals surface area contributed by atoms with E-state index in [4.69, 9.17) is 0 Å². The summed E-state index contributed by atoms with van der Waals surface area (Å²) >= 11 is 0. The van der Waals surface area contributed by atoms with Crippen molar-refractivity contribution in [2.75, 3.05) is 0 Å². The molecule has 4 rings (SSSR count). The zero-order valence-electron chi connectivity index (χ0n) is 7.87. The van der Waals surface area contributed by atoms with Gasteiger partial charge in [0.2, 0.25) is 0 Å². The SMILES string of the molecule is OC1C=C2CCC3CCC4CC1C234. The Labute approximate surface area is 78.8 Å². The van der Waals surface area contributed by atoms with Gasteiger partial charge in [-0.2, -0.15) is 0 Å². The Kier molecular flexibility index (Phi) is 1.02. The summed E-state index contributed by atoms with van der Waals surface area (Å²) in [5.74, 6) is 2.57. The fraction of sp³-hybridized carbons (Fsp3) is 0.833. The molecule has 0 aromatic heterocycles. The Morgan fingerprint density at radius 2 is 2.08 bits per heavy atom. The smallest absolute Gasteiger partial charge is 0.0760 e. The number of aliphatic hydroxyl groups is 1. The second-order valence-electron chi connectivity index (χ2n) is 5.47. The van der Waals surface area contributed by atoms with Gasteiger partial charge in [-0.1, -0.05) is 11.6 Å². The van der Waals surface area contributed by atoms with E-state index in [1.165, 1.54) is 32.1 Å². The highest BCUT2D eigenvalue weighted by atomic mass is 16.3. The van der Waals surface area contributed by atoms with Crippen LogP contribution in [0.4, 0.5) is 0 Å². The van der Waals surface area contributed by atoms with Crippen molar-refractivity contribution < 1.29 is 5.11 Å². The lowest BCUT2D eigenvalue weighted by molar-refractivity contribution is -0.0526. The van der Waals surface area contributed by atoms with Gasteiger partial charge in [-0.05, 0) is 49.9 Å². The second kappa shape index (κ2) is 1.88. The molecule has 0 amide bonds. The van der Waals surface area contributed by atoms with Crippen molar-refractivity contribution in [3.05, 3.63) is 11.6 Å². The first-order valence-corrected chi connectivity index (χ1v) is 5.72. The molecule has 0 aliphatic heterocycles. The number of rotatable bonds is 0. The van der Waals surface area contributed by atoms with Crippen LogP contribution in [0.2, 0.25) is 0 Å². The van der Waals surface area contributed by atoms with Crippen LogP contribution in [0, 0.1) is 23.2 Å². The summed E-state index contributed by atoms with van der Waals surface area (Å²) < 4.78 is 0. The molecule has 0 aromatic rings. The van der Waals surface area contributed by atoms with E-state index in [0.717, 1.165) is 11.8 Å². The number of hydrogen-bond acceptors (Lipinski definition) is 1. The topological polar surface area (TPSA) is 20.2 Å². The molecule has 1 spiro atoms. The summed E-state index contributed by atoms with van der Waals surface area (Å²) in [4.78, 5) is 0. The lowest BCUT2D eigenvalue weighted by atomic mass is 9.52. The van der Waals surface area contributed by atoms with Gasteiger partial charge < -0.3 is 5.11 Å². The maximum Gasteiger partial charge on any atom is 0.0760 e. The molecule has 0 saturated heterocycles. The first-order chi connectivity index (χ1) is 6.33. The van der Waals surface area contributed by atoms with Crippen LogP contribution >= 0.6 is 0 Å². The molecule has 0 radical (unpaired) electrons. The summed E-state index contributed by atoms with van der Waals surface area (Å²) in [5, 5.41) is 9.91. The molecular weight excluding hydrogens is 160 g/mol. The Morgan fingerprint density at radius 3 is 3.00 bits per heavy atom. The molecule has 1 N–H and O–H groups in total. The largest absolute Gasteiger partial charge is 0.389 e. The summed E-state index contributed by atoms with van der Waals surface area (Å²) in [6.45, 7) is 0. The van der Waals surface area contributed by atoms with E-state index in [1.807, 2.05) is 0 Å². The minimum absolute atomic E-state index is 0.0767. The molecule has 4 aliphatic rings. The summed E-state index contributed by atoms with van der Waals surface area (Å²) in [6.07, 6.45) is 9.07. The first kappa shape index (κ1) is 7.05. The summed E-state index contributed by atoms with van der Waals surface area (Å²) in [6, 6.07) is 0. The van der Waals surface area contributed by atoms with E-state index < -0.39 is 0 Å². The van der Waals surface area contributed by atoms with E-state index in [0.29, 0.717) is 11.3 Å². The van der Waals surface area contributed by atoms with Crippen LogP contribution in [-0.4, -0.2) is 11.2 Å². The predicted octanol–water partition coefficient (Wildman–Crippen LogP) is 2.11. The molecule has 3 fully saturated rings. The maximum absolute atomic E-state index is 9.91. The lowest BCUT2D eigenvalue weighted by Crippen LogP contribution is -2.49. The van der Waals surface area contributed by atoms with Crippen LogP contribution in [0.25, 0.3) is 0 Å². The molecule has 4 aliphatic carbocycles. The van der Waals surface area contributed by atoms with E-state index in [-0.39, 0.29) is 6.10 Å². The molecule has 5 atom stereocenters. The molecular formula is C12H16O. The van der Waals surface area contributed by atoms with Gasteiger partial charge in [0.15, 0.2) is 0 Å². The van der Waals surface area contributed by atoms with Gasteiger partial charge in [-0.25, -0.2) is 0 Å². The molecule has 0 aromatic carbocycles. The Hall–Kier alpha value is -0.300. The molecule has 0 bridgehead atoms. The second-order valence-corrected chi connectivity index (χ2v) is 5.47. The first-order valence-electron chi connectivity index (χ1n) is 5.72. The van der Waals surface area contributed by atoms with Crippen LogP contribution < -0.4 is 0 Å². The molecule has 1 heteroatoms. The van der Waals surface area contributed by atoms with Gasteiger partial charge in [-0.3, -0.25) is 0 Å². The van der Waals surface area contributed by atoms with E-state index in [2.05, 4.69) is 6.08 Å². The van der Waals surface area contributed by atoms with Crippen molar-refractivity contribution in [2.24, 2.45) is 23.2 Å². The lowest BCUT2D eigenvalue weighted by Gasteiger charge is -2.52. The molecule has 5 unspecified atom stereocenters. The normalized spacial score (nSPS) is 61.5. The maximum atomic E-state index is 9.91. The predicted molar refractivity (Wildman–Crippen MR) is 50.1 cm³/mol. The van der Waals surface area contributed by atoms with Gasteiger partial charge in [0.1, 0.15) is 0 Å². The zero-order chi connectivity index (χ0) is 8.63. The third-order valence-electron chi connectivity index (χ3n) is 5.47. The third-order valence-corrected chi connectivity index (χ3v) is 5.47. The van der Waals surface area contributed by atoms with E-state index in [9.17, 15) is 5.11 Å². The third kappa shape index (κ3) is 0.527. The molecule has 70 valence electrons. The highest BCUT2D eigenvalue weighted by Gasteiger charge is 2.69. The van der Waals surface area contributed by atoms with E-state index in [1.54, 1.807) is 5.57 Å². The van der Waals surface area contributed by atoms with E-state index >= 15 is 0 Å². The average molecular weight is 176 g/mol. The van der Waals surface area contributed by atoms with Crippen molar-refractivity contribution in [3.63, 3.8) is 0 Å². The molecule has 1 nitrogen and oxygen atoms in total. The van der Waals surface area contributed by atoms with Gasteiger partial charge >= 0.3 is 0 Å². The van der Waals surface area contributed by atoms with Crippen molar-refractivity contribution in [1.29, 1.82) is 0 Å². The number of aliphatic hydroxyl groups excluding tert-OH is 1. The summed E-state index contributed by atoms with van der Waals surface area (Å²) in [7, 11) is 0. The van der Waals surface area contributed by atoms with Gasteiger partial charge in [0.05, 0.1) is 6.10 Å². The van der Waals surface area contributed by atoms with Gasteiger partial charge in [-0.15, -0.1) is 0 Å². The number of allylic oxidation sites excluding steroid dienone is 1. The fourth-order valence-corrected chi connectivity index (χ4v) is 5.14. The van der Waals surface area contributed by atoms with Crippen LogP contribution in [0.3, 0.4) is 0 Å². The monoisotopic (exact) mass is 176 g/mol. The number of hydrogen-bond donors (Lipinski definition) is 1. The van der Waals surface area contributed by atoms with Gasteiger partial charge in [0.25, 0.3) is 0 Å². The van der Waals surface area contributed by atoms with Crippen LogP contribution in [0.1, 0.15) is 32.1 Å². The quantitative estimate of drug-likeness (QED) is 0.560. The minimum atomic E-state index is -0.0767. The Morgan fingerprint density at radius 1 is 1.23 bits per heavy atom. The summed E-state index contributed by atoms with van der Waals surface area (Å²) in [5.41, 5.74) is 2.21. The van der Waals surface area contributed by atoms with Gasteiger partial charge in [0, 0.05) is 5.41 Å². The van der Waals surface area contributed by atoms with Crippen LogP contribution in [0.5, 0.6) is 0 Å². The van der Waals surface area contributed by atoms with Crippen molar-refractivity contribution in [2.45, 2.75) is 38.2 Å². The highest BCUT2D eigenvalue weighted by molar-refractivity contribution is 5.38. The minimum Gasteiger partial charge on any atom is -0.389 e. The molecule has 0 heterocycles. The standard InChI is InChI=1S/C12H16O/c13-11-6-9-4-2-7-1-3-8-5-10(11)12(7,8)9/h6-8,10-11,13H,1-5H2. The molecule has 13 heavy (non-hydrogen) atoms. The van der Waals surface area contributed by atoms with Crippen molar-refractivity contribution in [1.82, 2.24) is 0 Å².